The molecule has 1 amide bonds. The first-order valence-electron chi connectivity index (χ1n) is 6.87. The molecule has 1 aromatic carbocycles. The van der Waals surface area contributed by atoms with Crippen LogP contribution in [0, 0.1) is 0 Å². The number of hydrogen-bond donors (Lipinski definition) is 3. The number of carboxylic acid groups (broad SMARTS) is 1. The second-order valence-corrected chi connectivity index (χ2v) is 4.92. The van der Waals surface area contributed by atoms with E-state index in [0.717, 1.165) is 0 Å². The van der Waals surface area contributed by atoms with Crippen LogP contribution in [0.3, 0.4) is 0 Å². The van der Waals surface area contributed by atoms with Gasteiger partial charge >= 0.3 is 5.97 Å². The number of aliphatic carboxylic acids is 1. The van der Waals surface area contributed by atoms with E-state index in [2.05, 4.69) is 11.1 Å². The fourth-order valence-corrected chi connectivity index (χ4v) is 1.80. The Balaban J connectivity index is 2.31. The zero-order valence-electron chi connectivity index (χ0n) is 12.1. The van der Waals surface area contributed by atoms with Crippen LogP contribution in [-0.2, 0) is 4.79 Å². The fraction of sp³-hybridized carbons (Fsp3) is 0.400. The van der Waals surface area contributed by atoms with Crippen molar-refractivity contribution in [2.45, 2.75) is 32.2 Å². The van der Waals surface area contributed by atoms with E-state index in [0.29, 0.717) is 36.9 Å². The molecule has 0 aromatic heterocycles. The average molecular weight is 293 g/mol. The van der Waals surface area contributed by atoms with E-state index in [4.69, 9.17) is 5.11 Å². The number of carboxylic acids is 1. The molecule has 6 nitrogen and oxygen atoms in total. The van der Waals surface area contributed by atoms with Crippen molar-refractivity contribution in [3.8, 4) is 0 Å². The molecular weight excluding hydrogens is 272 g/mol. The zero-order chi connectivity index (χ0) is 15.8. The van der Waals surface area contributed by atoms with Crippen molar-refractivity contribution >= 4 is 17.7 Å². The molecule has 0 aliphatic rings. The monoisotopic (exact) mass is 293 g/mol. The number of benzene rings is 1. The molecular formula is C15H21N2O4+. The van der Waals surface area contributed by atoms with E-state index in [9.17, 15) is 14.4 Å². The Morgan fingerprint density at radius 3 is 2.24 bits per heavy atom. The van der Waals surface area contributed by atoms with Gasteiger partial charge in [-0.2, -0.15) is 0 Å². The number of unbranched alkanes of at least 4 members (excludes halogenated alkanes) is 1. The third-order valence-corrected chi connectivity index (χ3v) is 3.17. The van der Waals surface area contributed by atoms with Gasteiger partial charge in [-0.25, -0.2) is 4.79 Å². The molecule has 0 saturated heterocycles. The number of rotatable bonds is 8. The fourth-order valence-electron chi connectivity index (χ4n) is 1.80. The van der Waals surface area contributed by atoms with Crippen molar-refractivity contribution in [1.82, 2.24) is 5.32 Å². The van der Waals surface area contributed by atoms with E-state index < -0.39 is 12.0 Å². The van der Waals surface area contributed by atoms with Gasteiger partial charge in [-0.05, 0) is 31.9 Å². The molecule has 0 fully saturated rings. The lowest BCUT2D eigenvalue weighted by Crippen LogP contribution is -2.64. The number of carbonyl (C=O) groups excluding carboxylic acids is 2. The molecule has 6 heteroatoms. The standard InChI is InChI=1S/C15H20N2O4/c1-10(18)11-5-7-12(8-6-11)14(19)17-9-3-2-4-13(16)15(20)21/h5-8,13H,2-4,9,16H2,1H3,(H,17,19)(H,20,21)/p+1/t13-/m0/s1. The highest BCUT2D eigenvalue weighted by Crippen LogP contribution is 2.05. The van der Waals surface area contributed by atoms with Crippen LogP contribution in [0.25, 0.3) is 0 Å². The SMILES string of the molecule is CC(=O)c1ccc(C(=O)NCCCC[C@H]([NH3+])C(=O)O)cc1. The first-order valence-corrected chi connectivity index (χ1v) is 6.87. The quantitative estimate of drug-likeness (QED) is 0.478. The highest BCUT2D eigenvalue weighted by atomic mass is 16.4. The van der Waals surface area contributed by atoms with E-state index in [1.165, 1.54) is 6.92 Å². The third kappa shape index (κ3) is 5.74. The van der Waals surface area contributed by atoms with Gasteiger partial charge < -0.3 is 16.2 Å². The van der Waals surface area contributed by atoms with Gasteiger partial charge in [-0.15, -0.1) is 0 Å². The first kappa shape index (κ1) is 16.8. The second kappa shape index (κ2) is 8.16. The normalized spacial score (nSPS) is 11.7. The lowest BCUT2D eigenvalue weighted by molar-refractivity contribution is -0.409. The minimum Gasteiger partial charge on any atom is -0.477 e. The molecule has 0 radical (unpaired) electrons. The van der Waals surface area contributed by atoms with Gasteiger partial charge in [0.1, 0.15) is 0 Å². The maximum Gasteiger partial charge on any atom is 0.362 e. The molecule has 0 bridgehead atoms. The molecule has 21 heavy (non-hydrogen) atoms. The molecule has 0 heterocycles. The van der Waals surface area contributed by atoms with Crippen molar-refractivity contribution < 1.29 is 25.2 Å². The van der Waals surface area contributed by atoms with Crippen molar-refractivity contribution in [3.05, 3.63) is 35.4 Å². The van der Waals surface area contributed by atoms with E-state index in [1.54, 1.807) is 24.3 Å². The summed E-state index contributed by atoms with van der Waals surface area (Å²) in [5, 5.41) is 11.4. The van der Waals surface area contributed by atoms with Crippen LogP contribution in [-0.4, -0.2) is 35.4 Å². The summed E-state index contributed by atoms with van der Waals surface area (Å²) in [6.45, 7) is 1.96. The molecule has 1 aromatic rings. The van der Waals surface area contributed by atoms with E-state index in [-0.39, 0.29) is 11.7 Å². The Labute approximate surface area is 123 Å². The Morgan fingerprint density at radius 1 is 1.14 bits per heavy atom. The lowest BCUT2D eigenvalue weighted by Gasteiger charge is -2.06. The molecule has 0 unspecified atom stereocenters. The Morgan fingerprint density at radius 2 is 1.71 bits per heavy atom. The number of quaternary nitrogens is 1. The summed E-state index contributed by atoms with van der Waals surface area (Å²) in [4.78, 5) is 33.5. The minimum absolute atomic E-state index is 0.0388. The van der Waals surface area contributed by atoms with Crippen molar-refractivity contribution in [1.29, 1.82) is 0 Å². The number of amides is 1. The highest BCUT2D eigenvalue weighted by molar-refractivity contribution is 5.97. The Bertz CT molecular complexity index is 511. The van der Waals surface area contributed by atoms with Gasteiger partial charge in [0.15, 0.2) is 11.8 Å². The maximum absolute atomic E-state index is 11.8. The van der Waals surface area contributed by atoms with Crippen LogP contribution in [0.4, 0.5) is 0 Å². The van der Waals surface area contributed by atoms with Gasteiger partial charge in [0.25, 0.3) is 5.91 Å². The summed E-state index contributed by atoms with van der Waals surface area (Å²) in [6.07, 6.45) is 1.90. The summed E-state index contributed by atoms with van der Waals surface area (Å²) in [7, 11) is 0. The summed E-state index contributed by atoms with van der Waals surface area (Å²) in [6, 6.07) is 5.87. The van der Waals surface area contributed by atoms with Crippen LogP contribution in [0.1, 0.15) is 46.9 Å². The molecule has 0 spiro atoms. The van der Waals surface area contributed by atoms with Gasteiger partial charge in [-0.3, -0.25) is 9.59 Å². The van der Waals surface area contributed by atoms with Gasteiger partial charge in [0, 0.05) is 24.1 Å². The second-order valence-electron chi connectivity index (χ2n) is 4.92. The first-order chi connectivity index (χ1) is 9.91. The van der Waals surface area contributed by atoms with Crippen LogP contribution in [0.5, 0.6) is 0 Å². The summed E-state index contributed by atoms with van der Waals surface area (Å²) in [5.41, 5.74) is 4.60. The van der Waals surface area contributed by atoms with Crippen LogP contribution < -0.4 is 11.1 Å². The van der Waals surface area contributed by atoms with Crippen LogP contribution >= 0.6 is 0 Å². The topological polar surface area (TPSA) is 111 Å². The average Bonchev–Trinajstić information content (AvgIpc) is 2.46. The summed E-state index contributed by atoms with van der Waals surface area (Å²) in [5.74, 6) is -1.14. The van der Waals surface area contributed by atoms with E-state index >= 15 is 0 Å². The van der Waals surface area contributed by atoms with Crippen LogP contribution in [0.15, 0.2) is 24.3 Å². The molecule has 5 N–H and O–H groups in total. The van der Waals surface area contributed by atoms with Gasteiger partial charge in [-0.1, -0.05) is 12.1 Å². The smallest absolute Gasteiger partial charge is 0.362 e. The predicted octanol–water partition coefficient (Wildman–Crippen LogP) is 0.484. The Kier molecular flexibility index (Phi) is 6.55. The van der Waals surface area contributed by atoms with Crippen molar-refractivity contribution in [3.63, 3.8) is 0 Å². The molecule has 1 atom stereocenters. The molecule has 114 valence electrons. The highest BCUT2D eigenvalue weighted by Gasteiger charge is 2.14. The van der Waals surface area contributed by atoms with Gasteiger partial charge in [0.2, 0.25) is 0 Å². The van der Waals surface area contributed by atoms with Gasteiger partial charge in [0.05, 0.1) is 0 Å². The number of ketones is 1. The largest absolute Gasteiger partial charge is 0.477 e. The number of Topliss-reactive ketones (excluding diaryl/α,β-unsaturated/α-hetero) is 1. The van der Waals surface area contributed by atoms with Crippen molar-refractivity contribution in [2.24, 2.45) is 0 Å². The predicted molar refractivity (Wildman–Crippen MR) is 76.9 cm³/mol. The Hall–Kier alpha value is -2.21. The zero-order valence-corrected chi connectivity index (χ0v) is 12.1. The number of nitrogens with one attached hydrogen (secondary N) is 1. The van der Waals surface area contributed by atoms with E-state index in [1.807, 2.05) is 0 Å². The number of carbonyl (C=O) groups is 3. The maximum atomic E-state index is 11.8. The third-order valence-electron chi connectivity index (χ3n) is 3.17. The minimum atomic E-state index is -0.899. The molecule has 1 rings (SSSR count). The van der Waals surface area contributed by atoms with Crippen LogP contribution in [0.2, 0.25) is 0 Å². The summed E-state index contributed by atoms with van der Waals surface area (Å²) < 4.78 is 0. The molecule has 0 aliphatic carbocycles. The molecule has 0 saturated carbocycles. The number of hydrogen-bond acceptors (Lipinski definition) is 3. The van der Waals surface area contributed by atoms with Crippen molar-refractivity contribution in [2.75, 3.05) is 6.54 Å². The summed E-state index contributed by atoms with van der Waals surface area (Å²) >= 11 is 0. The lowest BCUT2D eigenvalue weighted by atomic mass is 10.1. The molecule has 0 aliphatic heterocycles.